The maximum Gasteiger partial charge on any atom is 0.188 e. The number of methoxy groups -OCH3 is 1. The van der Waals surface area contributed by atoms with Crippen molar-refractivity contribution in [3.63, 3.8) is 0 Å². The van der Waals surface area contributed by atoms with E-state index in [0.29, 0.717) is 5.75 Å². The van der Waals surface area contributed by atoms with Gasteiger partial charge in [-0.05, 0) is 58.0 Å². The van der Waals surface area contributed by atoms with Crippen LogP contribution in [0, 0.1) is 0 Å². The lowest BCUT2D eigenvalue weighted by Gasteiger charge is -2.48. The number of hydrogen-bond acceptors (Lipinski definition) is 7. The van der Waals surface area contributed by atoms with Gasteiger partial charge in [-0.3, -0.25) is 4.68 Å². The third-order valence-corrected chi connectivity index (χ3v) is 6.03. The number of nitrogens with zero attached hydrogens (tertiary/aromatic N) is 5. The Hall–Kier alpha value is -3.23. The summed E-state index contributed by atoms with van der Waals surface area (Å²) in [5.41, 5.74) is 4.31. The number of fused-ring (bicyclic) bond motifs is 2. The lowest BCUT2D eigenvalue weighted by Crippen LogP contribution is -2.67. The summed E-state index contributed by atoms with van der Waals surface area (Å²) in [6.45, 7) is 10.9. The van der Waals surface area contributed by atoms with Crippen molar-refractivity contribution in [3.05, 3.63) is 42.6 Å². The number of aromatic nitrogens is 4. The van der Waals surface area contributed by atoms with Gasteiger partial charge in [0.1, 0.15) is 11.6 Å². The van der Waals surface area contributed by atoms with E-state index in [9.17, 15) is 0 Å². The zero-order chi connectivity index (χ0) is 24.1. The Morgan fingerprint density at radius 2 is 1.65 bits per heavy atom. The number of rotatable bonds is 5. The molecule has 4 heterocycles. The predicted octanol–water partition coefficient (Wildman–Crippen LogP) is 4.13. The molecule has 8 heteroatoms. The molecule has 1 N–H and O–H groups in total. The first-order chi connectivity index (χ1) is 16.1. The number of anilines is 1. The molecule has 0 unspecified atom stereocenters. The topological polar surface area (TPSA) is 77.3 Å². The van der Waals surface area contributed by atoms with Gasteiger partial charge in [0, 0.05) is 61.5 Å². The highest BCUT2D eigenvalue weighted by molar-refractivity contribution is 5.89. The first-order valence-corrected chi connectivity index (χ1v) is 11.5. The van der Waals surface area contributed by atoms with Crippen LogP contribution < -0.4 is 15.0 Å². The second kappa shape index (κ2) is 8.21. The van der Waals surface area contributed by atoms with E-state index in [1.807, 2.05) is 31.4 Å². The quantitative estimate of drug-likeness (QED) is 0.449. The number of piperazine rings is 1. The van der Waals surface area contributed by atoms with Gasteiger partial charge in [0.05, 0.1) is 22.2 Å². The van der Waals surface area contributed by atoms with E-state index in [2.05, 4.69) is 61.2 Å². The highest BCUT2D eigenvalue weighted by Crippen LogP contribution is 2.34. The summed E-state index contributed by atoms with van der Waals surface area (Å²) in [7, 11) is 3.52. The van der Waals surface area contributed by atoms with Gasteiger partial charge in [0.2, 0.25) is 0 Å². The van der Waals surface area contributed by atoms with E-state index >= 15 is 0 Å². The minimum absolute atomic E-state index is 0.00401. The highest BCUT2D eigenvalue weighted by Gasteiger charge is 2.37. The van der Waals surface area contributed by atoms with Gasteiger partial charge in [-0.2, -0.15) is 5.10 Å². The molecule has 0 aliphatic carbocycles. The maximum absolute atomic E-state index is 5.87. The van der Waals surface area contributed by atoms with Crippen LogP contribution >= 0.6 is 0 Å². The van der Waals surface area contributed by atoms with Crippen molar-refractivity contribution in [3.8, 4) is 17.0 Å². The van der Waals surface area contributed by atoms with Crippen molar-refractivity contribution >= 4 is 27.8 Å². The fourth-order valence-corrected chi connectivity index (χ4v) is 5.11. The number of nitrogens with one attached hydrogen (secondary N) is 1. The smallest absolute Gasteiger partial charge is 0.188 e. The summed E-state index contributed by atoms with van der Waals surface area (Å²) >= 11 is 0. The van der Waals surface area contributed by atoms with Crippen molar-refractivity contribution in [1.29, 1.82) is 0 Å². The fraction of sp³-hybridized carbons (Fsp3) is 0.423. The maximum atomic E-state index is 5.87. The van der Waals surface area contributed by atoms with Crippen LogP contribution in [0.3, 0.4) is 0 Å². The summed E-state index contributed by atoms with van der Waals surface area (Å²) in [5, 5.41) is 9.25. The molecule has 1 saturated heterocycles. The van der Waals surface area contributed by atoms with Crippen LogP contribution in [0.15, 0.2) is 42.6 Å². The van der Waals surface area contributed by atoms with Crippen LogP contribution in [0.4, 0.5) is 5.82 Å². The third-order valence-electron chi connectivity index (χ3n) is 6.03. The number of pyridine rings is 2. The molecule has 1 aromatic carbocycles. The summed E-state index contributed by atoms with van der Waals surface area (Å²) in [5.74, 6) is 1.67. The summed E-state index contributed by atoms with van der Waals surface area (Å²) < 4.78 is 12.8. The zero-order valence-corrected chi connectivity index (χ0v) is 20.7. The molecule has 8 nitrogen and oxygen atoms in total. The highest BCUT2D eigenvalue weighted by atomic mass is 16.7. The lowest BCUT2D eigenvalue weighted by molar-refractivity contribution is 0.0516. The molecule has 3 aromatic heterocycles. The molecular formula is C26H32N6O2. The number of aryl methyl sites for hydroxylation is 1. The molecule has 0 amide bonds. The minimum Gasteiger partial charge on any atom is -0.467 e. The second-order valence-corrected chi connectivity index (χ2v) is 10.4. The number of benzene rings is 1. The van der Waals surface area contributed by atoms with Crippen LogP contribution in [0.25, 0.3) is 33.2 Å². The van der Waals surface area contributed by atoms with Crippen molar-refractivity contribution in [1.82, 2.24) is 25.1 Å². The average Bonchev–Trinajstić information content (AvgIpc) is 3.13. The molecule has 1 aliphatic heterocycles. The van der Waals surface area contributed by atoms with E-state index in [1.165, 1.54) is 0 Å². The Morgan fingerprint density at radius 3 is 2.38 bits per heavy atom. The SMILES string of the molecule is COCOc1cc2nn(C)cc2cc1-c1ccc2nc(N3CC(C)(C)NC(C)(C)C3)ccc2n1. The average molecular weight is 461 g/mol. The molecule has 0 saturated carbocycles. The Kier molecular flexibility index (Phi) is 5.45. The number of hydrogen-bond donors (Lipinski definition) is 1. The summed E-state index contributed by atoms with van der Waals surface area (Å²) in [4.78, 5) is 12.2. The van der Waals surface area contributed by atoms with Gasteiger partial charge in [0.25, 0.3) is 0 Å². The van der Waals surface area contributed by atoms with Crippen LogP contribution in [-0.4, -0.2) is 57.8 Å². The Bertz CT molecular complexity index is 1340. The Balaban J connectivity index is 1.52. The van der Waals surface area contributed by atoms with Crippen LogP contribution in [-0.2, 0) is 11.8 Å². The van der Waals surface area contributed by atoms with Gasteiger partial charge in [-0.25, -0.2) is 9.97 Å². The third kappa shape index (κ3) is 4.43. The van der Waals surface area contributed by atoms with Gasteiger partial charge < -0.3 is 19.7 Å². The summed E-state index contributed by atoms with van der Waals surface area (Å²) in [6.07, 6.45) is 1.99. The largest absolute Gasteiger partial charge is 0.467 e. The van der Waals surface area contributed by atoms with Crippen molar-refractivity contribution in [2.75, 3.05) is 31.9 Å². The van der Waals surface area contributed by atoms with Crippen LogP contribution in [0.5, 0.6) is 5.75 Å². The molecule has 178 valence electrons. The van der Waals surface area contributed by atoms with Crippen LogP contribution in [0.1, 0.15) is 27.7 Å². The van der Waals surface area contributed by atoms with Gasteiger partial charge in [-0.15, -0.1) is 0 Å². The lowest BCUT2D eigenvalue weighted by atomic mass is 9.91. The monoisotopic (exact) mass is 460 g/mol. The van der Waals surface area contributed by atoms with E-state index in [-0.39, 0.29) is 17.9 Å². The first kappa shape index (κ1) is 22.6. The number of ether oxygens (including phenoxy) is 2. The molecule has 0 spiro atoms. The molecule has 34 heavy (non-hydrogen) atoms. The minimum atomic E-state index is 0.00401. The van der Waals surface area contributed by atoms with Crippen molar-refractivity contribution < 1.29 is 9.47 Å². The Morgan fingerprint density at radius 1 is 0.941 bits per heavy atom. The van der Waals surface area contributed by atoms with Crippen LogP contribution in [0.2, 0.25) is 0 Å². The van der Waals surface area contributed by atoms with E-state index in [0.717, 1.165) is 52.1 Å². The van der Waals surface area contributed by atoms with Gasteiger partial charge >= 0.3 is 0 Å². The molecular weight excluding hydrogens is 428 g/mol. The first-order valence-electron chi connectivity index (χ1n) is 11.5. The molecule has 0 radical (unpaired) electrons. The molecule has 1 fully saturated rings. The molecule has 1 aliphatic rings. The normalized spacial score (nSPS) is 17.4. The predicted molar refractivity (Wildman–Crippen MR) is 135 cm³/mol. The van der Waals surface area contributed by atoms with Crippen molar-refractivity contribution in [2.45, 2.75) is 38.8 Å². The molecule has 0 bridgehead atoms. The van der Waals surface area contributed by atoms with E-state index in [1.54, 1.807) is 11.8 Å². The Labute approximate surface area is 199 Å². The van der Waals surface area contributed by atoms with Gasteiger partial charge in [0.15, 0.2) is 6.79 Å². The van der Waals surface area contributed by atoms with Gasteiger partial charge in [-0.1, -0.05) is 0 Å². The molecule has 4 aromatic rings. The molecule has 5 rings (SSSR count). The van der Waals surface area contributed by atoms with Crippen molar-refractivity contribution in [2.24, 2.45) is 7.05 Å². The zero-order valence-electron chi connectivity index (χ0n) is 20.7. The van der Waals surface area contributed by atoms with E-state index < -0.39 is 0 Å². The molecule has 0 atom stereocenters. The van der Waals surface area contributed by atoms with E-state index in [4.69, 9.17) is 19.4 Å². The fourth-order valence-electron chi connectivity index (χ4n) is 5.11. The second-order valence-electron chi connectivity index (χ2n) is 10.4. The summed E-state index contributed by atoms with van der Waals surface area (Å²) in [6, 6.07) is 12.2. The standard InChI is InChI=1S/C26H32N6O2/c1-25(2)14-32(15-26(3,4)30-25)24-10-9-20-21(28-24)8-7-19(27-20)18-11-17-13-31(5)29-22(17)12-23(18)34-16-33-6/h7-13,30H,14-16H2,1-6H3.